The van der Waals surface area contributed by atoms with Gasteiger partial charge in [0.25, 0.3) is 5.91 Å². The number of aromatic hydroxyl groups is 1. The van der Waals surface area contributed by atoms with Crippen LogP contribution in [-0.4, -0.2) is 54.6 Å². The summed E-state index contributed by atoms with van der Waals surface area (Å²) in [6.45, 7) is 0.469. The maximum atomic E-state index is 12.5. The number of carbonyl (C=O) groups excluding carboxylic acids is 2. The van der Waals surface area contributed by atoms with Crippen LogP contribution < -0.4 is 24.3 Å². The number of esters is 1. The first-order valence-electron chi connectivity index (χ1n) is 11.3. The van der Waals surface area contributed by atoms with Crippen LogP contribution in [0.25, 0.3) is 0 Å². The molecule has 2 aromatic carbocycles. The van der Waals surface area contributed by atoms with Crippen LogP contribution in [0, 0.1) is 11.8 Å². The normalized spacial score (nSPS) is 20.8. The van der Waals surface area contributed by atoms with Gasteiger partial charge in [-0.05, 0) is 41.8 Å². The predicted molar refractivity (Wildman–Crippen MR) is 124 cm³/mol. The fraction of sp³-hybridized carbons (Fsp3) is 0.320. The van der Waals surface area contributed by atoms with Crippen molar-refractivity contribution in [1.82, 2.24) is 15.3 Å². The van der Waals surface area contributed by atoms with E-state index in [1.54, 1.807) is 24.4 Å². The molecule has 3 heterocycles. The van der Waals surface area contributed by atoms with Gasteiger partial charge in [-0.3, -0.25) is 9.59 Å². The maximum Gasteiger partial charge on any atom is 0.309 e. The van der Waals surface area contributed by atoms with Crippen LogP contribution in [0.4, 0.5) is 0 Å². The summed E-state index contributed by atoms with van der Waals surface area (Å²) in [5.74, 6) is 1.51. The van der Waals surface area contributed by atoms with E-state index in [1.165, 1.54) is 20.4 Å². The molecular formula is C25H25N3O8. The summed E-state index contributed by atoms with van der Waals surface area (Å²) in [5.41, 5.74) is 1.90. The Morgan fingerprint density at radius 1 is 1.14 bits per heavy atom. The number of fused-ring (bicyclic) bond motifs is 3. The second-order valence-corrected chi connectivity index (χ2v) is 8.41. The smallest absolute Gasteiger partial charge is 0.309 e. The molecule has 3 aromatic rings. The number of rotatable bonds is 4. The Bertz CT molecular complexity index is 1250. The van der Waals surface area contributed by atoms with E-state index in [-0.39, 0.29) is 48.1 Å². The fourth-order valence-corrected chi connectivity index (χ4v) is 4.69. The summed E-state index contributed by atoms with van der Waals surface area (Å²) < 4.78 is 25.9. The van der Waals surface area contributed by atoms with E-state index in [1.807, 2.05) is 12.1 Å². The lowest BCUT2D eigenvalue weighted by atomic mass is 9.74. The van der Waals surface area contributed by atoms with Crippen molar-refractivity contribution in [1.29, 1.82) is 0 Å². The molecule has 188 valence electrons. The van der Waals surface area contributed by atoms with Crippen LogP contribution in [0.5, 0.6) is 28.7 Å². The Morgan fingerprint density at radius 2 is 1.86 bits per heavy atom. The molecular weight excluding hydrogens is 470 g/mol. The lowest BCUT2D eigenvalue weighted by molar-refractivity contribution is -0.141. The number of imidazole rings is 1. The van der Waals surface area contributed by atoms with Crippen molar-refractivity contribution in [2.24, 2.45) is 11.8 Å². The highest BCUT2D eigenvalue weighted by Crippen LogP contribution is 2.46. The highest BCUT2D eigenvalue weighted by atomic mass is 16.7. The number of para-hydroxylation sites is 1. The number of amides is 1. The highest BCUT2D eigenvalue weighted by molar-refractivity contribution is 5.91. The summed E-state index contributed by atoms with van der Waals surface area (Å²) in [6, 6.07) is 8.51. The average molecular weight is 495 g/mol. The molecule has 3 atom stereocenters. The monoisotopic (exact) mass is 495 g/mol. The Hall–Kier alpha value is -4.41. The van der Waals surface area contributed by atoms with Gasteiger partial charge in [-0.2, -0.15) is 0 Å². The molecule has 1 aromatic heterocycles. The zero-order valence-electron chi connectivity index (χ0n) is 19.6. The lowest BCUT2D eigenvalue weighted by Crippen LogP contribution is -2.41. The van der Waals surface area contributed by atoms with Gasteiger partial charge >= 0.3 is 5.97 Å². The molecule has 0 radical (unpaired) electrons. The lowest BCUT2D eigenvalue weighted by Gasteiger charge is -2.33. The number of phenols is 1. The third-order valence-corrected chi connectivity index (χ3v) is 6.48. The van der Waals surface area contributed by atoms with Crippen LogP contribution in [0.15, 0.2) is 42.7 Å². The average Bonchev–Trinajstić information content (AvgIpc) is 3.65. The molecule has 0 bridgehead atoms. The quantitative estimate of drug-likeness (QED) is 0.465. The molecule has 1 amide bonds. The van der Waals surface area contributed by atoms with Crippen molar-refractivity contribution >= 4 is 11.9 Å². The molecule has 3 N–H and O–H groups in total. The molecule has 1 fully saturated rings. The first-order chi connectivity index (χ1) is 17.5. The summed E-state index contributed by atoms with van der Waals surface area (Å²) in [7, 11) is 2.99. The van der Waals surface area contributed by atoms with Gasteiger partial charge in [-0.15, -0.1) is 0 Å². The van der Waals surface area contributed by atoms with Crippen LogP contribution in [0.3, 0.4) is 0 Å². The summed E-state index contributed by atoms with van der Waals surface area (Å²) in [4.78, 5) is 31.4. The predicted octanol–water partition coefficient (Wildman–Crippen LogP) is 2.36. The number of cyclic esters (lactones) is 1. The molecule has 11 heteroatoms. The first kappa shape index (κ1) is 23.3. The largest absolute Gasteiger partial charge is 0.502 e. The van der Waals surface area contributed by atoms with Crippen molar-refractivity contribution in [3.63, 3.8) is 0 Å². The number of carbonyl (C=O) groups is 2. The van der Waals surface area contributed by atoms with E-state index in [4.69, 9.17) is 23.7 Å². The Kier molecular flexibility index (Phi) is 6.28. The molecule has 2 aliphatic heterocycles. The molecule has 0 spiro atoms. The molecule has 3 aliphatic rings. The van der Waals surface area contributed by atoms with Gasteiger partial charge in [-0.25, -0.2) is 4.98 Å². The second kappa shape index (κ2) is 9.68. The number of aromatic nitrogens is 2. The number of phenolic OH excluding ortho intramolecular Hbond substituents is 1. The van der Waals surface area contributed by atoms with Gasteiger partial charge in [0, 0.05) is 18.3 Å². The third-order valence-electron chi connectivity index (χ3n) is 6.48. The van der Waals surface area contributed by atoms with Crippen LogP contribution in [0.2, 0.25) is 0 Å². The Balaban J connectivity index is 0.000000205. The van der Waals surface area contributed by atoms with E-state index >= 15 is 0 Å². The highest BCUT2D eigenvalue weighted by Gasteiger charge is 2.47. The number of methoxy groups -OCH3 is 2. The summed E-state index contributed by atoms with van der Waals surface area (Å²) in [6.07, 6.45) is 3.68. The number of ether oxygens (including phenoxy) is 5. The Labute approximate surface area is 206 Å². The number of benzene rings is 2. The minimum Gasteiger partial charge on any atom is -0.502 e. The van der Waals surface area contributed by atoms with E-state index in [2.05, 4.69) is 15.3 Å². The fourth-order valence-electron chi connectivity index (χ4n) is 4.69. The summed E-state index contributed by atoms with van der Waals surface area (Å²) in [5, 5.41) is 12.3. The third kappa shape index (κ3) is 4.23. The molecule has 36 heavy (non-hydrogen) atoms. The standard InChI is InChI=1S/C17H15N3O5.C8H10O3/c21-16(15-18-1-2-19-15)20-14-9-5-13-12(24-7-25-13)4-8(9)3-10-11(14)6-23-17(10)22;1-10-6-4-3-5-7(11-2)8(6)9/h1-2,4-5,10-11,14H,3,6-7H2,(H,18,19)(H,20,21);3-5,9H,1-2H3/t10-,11?,14?;/m1./s1. The van der Waals surface area contributed by atoms with Crippen LogP contribution in [-0.2, 0) is 16.0 Å². The first-order valence-corrected chi connectivity index (χ1v) is 11.3. The second-order valence-electron chi connectivity index (χ2n) is 8.41. The SMILES string of the molecule is COc1cccc(OC)c1O.O=C(NC1c2cc3c(cc2C[C@H]2C(=O)OCC12)OCO3)c1ncc[nH]1. The number of nitrogens with zero attached hydrogens (tertiary/aromatic N) is 1. The van der Waals surface area contributed by atoms with Gasteiger partial charge < -0.3 is 39.1 Å². The molecule has 11 nitrogen and oxygen atoms in total. The van der Waals surface area contributed by atoms with Gasteiger partial charge in [0.15, 0.2) is 28.8 Å². The Morgan fingerprint density at radius 3 is 2.53 bits per heavy atom. The van der Waals surface area contributed by atoms with E-state index in [0.29, 0.717) is 36.0 Å². The van der Waals surface area contributed by atoms with Crippen molar-refractivity contribution in [3.8, 4) is 28.7 Å². The number of hydrogen-bond acceptors (Lipinski definition) is 9. The molecule has 2 unspecified atom stereocenters. The maximum absolute atomic E-state index is 12.5. The van der Waals surface area contributed by atoms with Gasteiger partial charge in [0.1, 0.15) is 0 Å². The number of hydrogen-bond donors (Lipinski definition) is 3. The minimum absolute atomic E-state index is 0.0394. The van der Waals surface area contributed by atoms with Crippen LogP contribution >= 0.6 is 0 Å². The summed E-state index contributed by atoms with van der Waals surface area (Å²) >= 11 is 0. The zero-order chi connectivity index (χ0) is 25.2. The number of H-pyrrole nitrogens is 1. The van der Waals surface area contributed by atoms with Gasteiger partial charge in [0.2, 0.25) is 12.5 Å². The zero-order valence-corrected chi connectivity index (χ0v) is 19.6. The molecule has 1 aliphatic carbocycles. The van der Waals surface area contributed by atoms with Gasteiger partial charge in [-0.1, -0.05) is 6.07 Å². The minimum atomic E-state index is -0.354. The number of aromatic amines is 1. The molecule has 6 rings (SSSR count). The topological polar surface area (TPSA) is 141 Å². The van der Waals surface area contributed by atoms with Crippen molar-refractivity contribution in [3.05, 3.63) is 59.7 Å². The van der Waals surface area contributed by atoms with E-state index in [9.17, 15) is 14.7 Å². The molecule has 0 saturated carbocycles. The van der Waals surface area contributed by atoms with Crippen molar-refractivity contribution in [2.45, 2.75) is 12.5 Å². The van der Waals surface area contributed by atoms with Crippen LogP contribution in [0.1, 0.15) is 27.8 Å². The van der Waals surface area contributed by atoms with E-state index in [0.717, 1.165) is 11.1 Å². The molecule has 1 saturated heterocycles. The van der Waals surface area contributed by atoms with Crippen molar-refractivity contribution < 1.29 is 38.4 Å². The number of nitrogens with one attached hydrogen (secondary N) is 2. The van der Waals surface area contributed by atoms with E-state index < -0.39 is 0 Å². The van der Waals surface area contributed by atoms with Gasteiger partial charge in [0.05, 0.1) is 32.8 Å². The van der Waals surface area contributed by atoms with Crippen molar-refractivity contribution in [2.75, 3.05) is 27.6 Å².